The number of benzene rings is 1. The Kier molecular flexibility index (Phi) is 4.25. The molecule has 2 atom stereocenters. The maximum atomic E-state index is 9.79. The molecule has 0 radical (unpaired) electrons. The summed E-state index contributed by atoms with van der Waals surface area (Å²) in [5.41, 5.74) is 0. The minimum Gasteiger partial charge on any atom is -0.497 e. The molecule has 5 heteroatoms. The molecule has 0 aliphatic carbocycles. The van der Waals surface area contributed by atoms with Crippen LogP contribution in [0.25, 0.3) is 0 Å². The Morgan fingerprint density at radius 2 is 2.29 bits per heavy atom. The maximum absolute atomic E-state index is 9.79. The van der Waals surface area contributed by atoms with E-state index in [0.29, 0.717) is 6.54 Å². The van der Waals surface area contributed by atoms with Gasteiger partial charge in [0.15, 0.2) is 0 Å². The van der Waals surface area contributed by atoms with Gasteiger partial charge in [0, 0.05) is 6.54 Å². The molecule has 4 nitrogen and oxygen atoms in total. The number of rotatable bonds is 3. The standard InChI is InChI=1S/C12H16BrNO3/c1-16-8-2-3-11(9(13)6-8)17-12-4-5-14-7-10(12)15/h2-3,6,10,12,14-15H,4-5,7H2,1H3. The predicted molar refractivity (Wildman–Crippen MR) is 68.6 cm³/mol. The Bertz CT molecular complexity index is 386. The van der Waals surface area contributed by atoms with Gasteiger partial charge < -0.3 is 19.9 Å². The van der Waals surface area contributed by atoms with Gasteiger partial charge in [0.2, 0.25) is 0 Å². The maximum Gasteiger partial charge on any atom is 0.134 e. The Hall–Kier alpha value is -0.780. The number of hydrogen-bond donors (Lipinski definition) is 2. The van der Waals surface area contributed by atoms with Crippen LogP contribution in [0.3, 0.4) is 0 Å². The van der Waals surface area contributed by atoms with E-state index in [1.54, 1.807) is 7.11 Å². The zero-order valence-corrected chi connectivity index (χ0v) is 11.2. The van der Waals surface area contributed by atoms with E-state index in [-0.39, 0.29) is 6.10 Å². The first kappa shape index (κ1) is 12.7. The molecule has 0 aromatic heterocycles. The summed E-state index contributed by atoms with van der Waals surface area (Å²) in [6.45, 7) is 1.45. The topological polar surface area (TPSA) is 50.7 Å². The van der Waals surface area contributed by atoms with E-state index in [0.717, 1.165) is 28.9 Å². The lowest BCUT2D eigenvalue weighted by atomic mass is 10.1. The first-order valence-corrected chi connectivity index (χ1v) is 6.39. The molecule has 2 N–H and O–H groups in total. The minimum atomic E-state index is -0.460. The lowest BCUT2D eigenvalue weighted by molar-refractivity contribution is 0.0158. The molecule has 17 heavy (non-hydrogen) atoms. The molecule has 1 fully saturated rings. The van der Waals surface area contributed by atoms with Gasteiger partial charge in [0.25, 0.3) is 0 Å². The van der Waals surface area contributed by atoms with E-state index in [1.807, 2.05) is 18.2 Å². The number of ether oxygens (including phenoxy) is 2. The van der Waals surface area contributed by atoms with E-state index >= 15 is 0 Å². The Morgan fingerprint density at radius 1 is 1.47 bits per heavy atom. The fourth-order valence-electron chi connectivity index (χ4n) is 1.82. The summed E-state index contributed by atoms with van der Waals surface area (Å²) >= 11 is 3.43. The molecule has 2 unspecified atom stereocenters. The summed E-state index contributed by atoms with van der Waals surface area (Å²) in [7, 11) is 1.62. The van der Waals surface area contributed by atoms with Crippen molar-refractivity contribution in [2.24, 2.45) is 0 Å². The monoisotopic (exact) mass is 301 g/mol. The van der Waals surface area contributed by atoms with Crippen molar-refractivity contribution >= 4 is 15.9 Å². The van der Waals surface area contributed by atoms with Gasteiger partial charge >= 0.3 is 0 Å². The molecule has 0 bridgehead atoms. The number of nitrogens with one attached hydrogen (secondary N) is 1. The smallest absolute Gasteiger partial charge is 0.134 e. The van der Waals surface area contributed by atoms with Gasteiger partial charge in [-0.15, -0.1) is 0 Å². The summed E-state index contributed by atoms with van der Waals surface area (Å²) in [5.74, 6) is 1.51. The van der Waals surface area contributed by atoms with E-state index in [1.165, 1.54) is 0 Å². The van der Waals surface area contributed by atoms with E-state index < -0.39 is 6.10 Å². The quantitative estimate of drug-likeness (QED) is 0.890. The zero-order chi connectivity index (χ0) is 12.3. The molecule has 1 heterocycles. The highest BCUT2D eigenvalue weighted by atomic mass is 79.9. The largest absolute Gasteiger partial charge is 0.497 e. The number of hydrogen-bond acceptors (Lipinski definition) is 4. The molecule has 1 saturated heterocycles. The van der Waals surface area contributed by atoms with Crippen molar-refractivity contribution in [2.75, 3.05) is 20.2 Å². The average molecular weight is 302 g/mol. The Morgan fingerprint density at radius 3 is 2.94 bits per heavy atom. The lowest BCUT2D eigenvalue weighted by Crippen LogP contribution is -2.46. The van der Waals surface area contributed by atoms with Crippen LogP contribution < -0.4 is 14.8 Å². The van der Waals surface area contributed by atoms with Crippen molar-refractivity contribution in [1.82, 2.24) is 5.32 Å². The molecule has 1 aromatic carbocycles. The number of piperidine rings is 1. The molecule has 1 aliphatic rings. The normalized spacial score (nSPS) is 24.4. The van der Waals surface area contributed by atoms with Gasteiger partial charge in [-0.2, -0.15) is 0 Å². The van der Waals surface area contributed by atoms with Crippen LogP contribution in [0.1, 0.15) is 6.42 Å². The van der Waals surface area contributed by atoms with Crippen LogP contribution in [0.2, 0.25) is 0 Å². The molecule has 94 valence electrons. The SMILES string of the molecule is COc1ccc(OC2CCNCC2O)c(Br)c1. The summed E-state index contributed by atoms with van der Waals surface area (Å²) in [6, 6.07) is 5.54. The first-order valence-electron chi connectivity index (χ1n) is 5.59. The molecule has 0 saturated carbocycles. The third-order valence-corrected chi connectivity index (χ3v) is 3.43. The van der Waals surface area contributed by atoms with Crippen LogP contribution in [-0.2, 0) is 0 Å². The van der Waals surface area contributed by atoms with Crippen molar-refractivity contribution in [3.05, 3.63) is 22.7 Å². The van der Waals surface area contributed by atoms with Crippen molar-refractivity contribution in [2.45, 2.75) is 18.6 Å². The fourth-order valence-corrected chi connectivity index (χ4v) is 2.27. The van der Waals surface area contributed by atoms with Crippen LogP contribution in [0.4, 0.5) is 0 Å². The first-order chi connectivity index (χ1) is 8.20. The molecule has 0 spiro atoms. The summed E-state index contributed by atoms with van der Waals surface area (Å²) in [5, 5.41) is 12.9. The molecular formula is C12H16BrNO3. The van der Waals surface area contributed by atoms with Gasteiger partial charge in [-0.05, 0) is 47.1 Å². The third kappa shape index (κ3) is 3.12. The Balaban J connectivity index is 2.07. The van der Waals surface area contributed by atoms with Crippen LogP contribution in [0.15, 0.2) is 22.7 Å². The van der Waals surface area contributed by atoms with Crippen molar-refractivity contribution < 1.29 is 14.6 Å². The number of β-amino-alcohol motifs (C(OH)–C–C–N with tert-alkyl or cyclic N) is 1. The van der Waals surface area contributed by atoms with Gasteiger partial charge in [-0.25, -0.2) is 0 Å². The molecular weight excluding hydrogens is 286 g/mol. The van der Waals surface area contributed by atoms with Gasteiger partial charge in [-0.3, -0.25) is 0 Å². The minimum absolute atomic E-state index is 0.152. The average Bonchev–Trinajstić information content (AvgIpc) is 2.34. The van der Waals surface area contributed by atoms with Crippen molar-refractivity contribution in [3.8, 4) is 11.5 Å². The summed E-state index contributed by atoms with van der Waals surface area (Å²) in [6.07, 6.45) is 0.193. The molecule has 2 rings (SSSR count). The predicted octanol–water partition coefficient (Wildman–Crippen LogP) is 1.56. The highest BCUT2D eigenvalue weighted by molar-refractivity contribution is 9.10. The number of aliphatic hydroxyl groups is 1. The highest BCUT2D eigenvalue weighted by Gasteiger charge is 2.25. The van der Waals surface area contributed by atoms with E-state index in [9.17, 15) is 5.11 Å². The third-order valence-electron chi connectivity index (χ3n) is 2.81. The van der Waals surface area contributed by atoms with Gasteiger partial charge in [0.1, 0.15) is 23.7 Å². The highest BCUT2D eigenvalue weighted by Crippen LogP contribution is 2.30. The Labute approximate surface area is 109 Å². The molecule has 0 amide bonds. The summed E-state index contributed by atoms with van der Waals surface area (Å²) in [4.78, 5) is 0. The van der Waals surface area contributed by atoms with E-state index in [2.05, 4.69) is 21.2 Å². The second kappa shape index (κ2) is 5.71. The van der Waals surface area contributed by atoms with Crippen LogP contribution >= 0.6 is 15.9 Å². The lowest BCUT2D eigenvalue weighted by Gasteiger charge is -2.29. The second-order valence-corrected chi connectivity index (χ2v) is 4.87. The van der Waals surface area contributed by atoms with Gasteiger partial charge in [-0.1, -0.05) is 0 Å². The van der Waals surface area contributed by atoms with Crippen molar-refractivity contribution in [3.63, 3.8) is 0 Å². The van der Waals surface area contributed by atoms with Crippen LogP contribution in [-0.4, -0.2) is 37.5 Å². The number of methoxy groups -OCH3 is 1. The van der Waals surface area contributed by atoms with Crippen molar-refractivity contribution in [1.29, 1.82) is 0 Å². The molecule has 1 aromatic rings. The van der Waals surface area contributed by atoms with E-state index in [4.69, 9.17) is 9.47 Å². The summed E-state index contributed by atoms with van der Waals surface area (Å²) < 4.78 is 11.8. The number of halogens is 1. The second-order valence-electron chi connectivity index (χ2n) is 4.01. The fraction of sp³-hybridized carbons (Fsp3) is 0.500. The van der Waals surface area contributed by atoms with Gasteiger partial charge in [0.05, 0.1) is 11.6 Å². The number of aliphatic hydroxyl groups excluding tert-OH is 1. The van der Waals surface area contributed by atoms with Crippen LogP contribution in [0.5, 0.6) is 11.5 Å². The molecule has 1 aliphatic heterocycles. The van der Waals surface area contributed by atoms with Crippen LogP contribution in [0, 0.1) is 0 Å². The zero-order valence-electron chi connectivity index (χ0n) is 9.65.